The molecule has 0 atom stereocenters. The lowest BCUT2D eigenvalue weighted by atomic mass is 10.2. The van der Waals surface area contributed by atoms with Crippen LogP contribution >= 0.6 is 11.3 Å². The lowest BCUT2D eigenvalue weighted by molar-refractivity contribution is 0.0952. The van der Waals surface area contributed by atoms with Crippen molar-refractivity contribution in [1.82, 2.24) is 10.3 Å². The Labute approximate surface area is 183 Å². The lowest BCUT2D eigenvalue weighted by Gasteiger charge is -2.08. The summed E-state index contributed by atoms with van der Waals surface area (Å²) in [5.41, 5.74) is 7.24. The number of thiazole rings is 1. The van der Waals surface area contributed by atoms with Gasteiger partial charge in [0.25, 0.3) is 5.91 Å². The highest BCUT2D eigenvalue weighted by atomic mass is 32.1. The quantitative estimate of drug-likeness (QED) is 0.400. The number of nitrogens with one attached hydrogen (secondary N) is 1. The van der Waals surface area contributed by atoms with E-state index >= 15 is 0 Å². The predicted octanol–water partition coefficient (Wildman–Crippen LogP) is 4.55. The van der Waals surface area contributed by atoms with Crippen LogP contribution in [0.2, 0.25) is 0 Å². The van der Waals surface area contributed by atoms with Gasteiger partial charge in [-0.3, -0.25) is 9.59 Å². The summed E-state index contributed by atoms with van der Waals surface area (Å²) in [4.78, 5) is 28.1. The van der Waals surface area contributed by atoms with Gasteiger partial charge in [0.2, 0.25) is 5.91 Å². The number of hydrogen-bond acceptors (Lipinski definition) is 5. The summed E-state index contributed by atoms with van der Waals surface area (Å²) in [6.45, 7) is 0.583. The molecule has 0 bridgehead atoms. The second kappa shape index (κ2) is 9.40. The van der Waals surface area contributed by atoms with Crippen LogP contribution in [0.5, 0.6) is 11.5 Å². The van der Waals surface area contributed by atoms with Crippen LogP contribution in [-0.2, 0) is 6.42 Å². The van der Waals surface area contributed by atoms with E-state index in [4.69, 9.17) is 10.5 Å². The first-order chi connectivity index (χ1) is 15.1. The summed E-state index contributed by atoms with van der Waals surface area (Å²) in [6.07, 6.45) is 1.66. The van der Waals surface area contributed by atoms with Crippen LogP contribution in [0.1, 0.15) is 32.1 Å². The summed E-state index contributed by atoms with van der Waals surface area (Å²) >= 11 is 1.70. The van der Waals surface area contributed by atoms with Crippen LogP contribution in [0.15, 0.2) is 72.8 Å². The Morgan fingerprint density at radius 3 is 2.19 bits per heavy atom. The average Bonchev–Trinajstić information content (AvgIpc) is 3.20. The van der Waals surface area contributed by atoms with Crippen LogP contribution in [0, 0.1) is 0 Å². The first-order valence-electron chi connectivity index (χ1n) is 9.89. The van der Waals surface area contributed by atoms with Crippen molar-refractivity contribution in [1.29, 1.82) is 0 Å². The normalized spacial score (nSPS) is 10.7. The highest BCUT2D eigenvalue weighted by Crippen LogP contribution is 2.23. The summed E-state index contributed by atoms with van der Waals surface area (Å²) in [7, 11) is 0. The van der Waals surface area contributed by atoms with Gasteiger partial charge >= 0.3 is 0 Å². The Hall–Kier alpha value is -3.71. The smallest absolute Gasteiger partial charge is 0.251 e. The molecule has 0 aliphatic heterocycles. The van der Waals surface area contributed by atoms with E-state index in [1.165, 1.54) is 4.70 Å². The number of carbonyl (C=O) groups is 2. The predicted molar refractivity (Wildman–Crippen MR) is 122 cm³/mol. The van der Waals surface area contributed by atoms with E-state index in [9.17, 15) is 9.59 Å². The van der Waals surface area contributed by atoms with Gasteiger partial charge in [-0.15, -0.1) is 11.3 Å². The van der Waals surface area contributed by atoms with Gasteiger partial charge in [-0.1, -0.05) is 12.1 Å². The highest BCUT2D eigenvalue weighted by Gasteiger charge is 2.07. The van der Waals surface area contributed by atoms with E-state index in [-0.39, 0.29) is 5.91 Å². The number of carbonyl (C=O) groups excluding carboxylic acids is 2. The molecule has 0 aliphatic carbocycles. The number of rotatable bonds is 8. The number of ether oxygens (including phenoxy) is 1. The van der Waals surface area contributed by atoms with Gasteiger partial charge in [0, 0.05) is 24.1 Å². The fraction of sp³-hybridized carbons (Fsp3) is 0.125. The fourth-order valence-electron chi connectivity index (χ4n) is 3.07. The number of aromatic nitrogens is 1. The maximum Gasteiger partial charge on any atom is 0.251 e. The first-order valence-corrected chi connectivity index (χ1v) is 10.7. The Morgan fingerprint density at radius 1 is 0.903 bits per heavy atom. The number of primary amides is 1. The monoisotopic (exact) mass is 431 g/mol. The molecule has 3 aromatic carbocycles. The molecule has 7 heteroatoms. The molecule has 0 unspecified atom stereocenters. The number of fused-ring (bicyclic) bond motifs is 1. The molecule has 2 amide bonds. The molecule has 1 heterocycles. The molecule has 0 spiro atoms. The zero-order chi connectivity index (χ0) is 21.6. The van der Waals surface area contributed by atoms with E-state index in [1.807, 2.05) is 18.2 Å². The van der Waals surface area contributed by atoms with Crippen molar-refractivity contribution in [2.24, 2.45) is 5.73 Å². The van der Waals surface area contributed by atoms with Crippen molar-refractivity contribution in [3.63, 3.8) is 0 Å². The third kappa shape index (κ3) is 5.26. The van der Waals surface area contributed by atoms with Crippen molar-refractivity contribution in [2.45, 2.75) is 12.8 Å². The summed E-state index contributed by atoms with van der Waals surface area (Å²) in [5, 5.41) is 4.03. The molecule has 1 aromatic heterocycles. The van der Waals surface area contributed by atoms with E-state index in [0.717, 1.165) is 23.4 Å². The molecule has 0 saturated carbocycles. The van der Waals surface area contributed by atoms with Crippen molar-refractivity contribution >= 4 is 33.4 Å². The van der Waals surface area contributed by atoms with Gasteiger partial charge < -0.3 is 15.8 Å². The fourth-order valence-corrected chi connectivity index (χ4v) is 4.08. The van der Waals surface area contributed by atoms with E-state index in [1.54, 1.807) is 59.9 Å². The second-order valence-corrected chi connectivity index (χ2v) is 8.07. The Bertz CT molecular complexity index is 1170. The molecule has 0 saturated heterocycles. The minimum atomic E-state index is -0.484. The van der Waals surface area contributed by atoms with Crippen LogP contribution in [0.3, 0.4) is 0 Å². The van der Waals surface area contributed by atoms with Crippen molar-refractivity contribution in [3.8, 4) is 11.5 Å². The number of benzene rings is 3. The van der Waals surface area contributed by atoms with E-state index < -0.39 is 5.91 Å². The van der Waals surface area contributed by atoms with E-state index in [0.29, 0.717) is 29.2 Å². The molecule has 0 radical (unpaired) electrons. The van der Waals surface area contributed by atoms with Crippen molar-refractivity contribution < 1.29 is 14.3 Å². The van der Waals surface area contributed by atoms with Gasteiger partial charge in [-0.05, 0) is 67.1 Å². The van der Waals surface area contributed by atoms with Gasteiger partial charge in [-0.25, -0.2) is 4.98 Å². The van der Waals surface area contributed by atoms with Crippen molar-refractivity contribution in [3.05, 3.63) is 88.9 Å². The van der Waals surface area contributed by atoms with Crippen molar-refractivity contribution in [2.75, 3.05) is 6.54 Å². The molecule has 4 rings (SSSR count). The highest BCUT2D eigenvalue weighted by molar-refractivity contribution is 7.18. The number of aryl methyl sites for hydroxylation is 1. The van der Waals surface area contributed by atoms with Crippen LogP contribution < -0.4 is 15.8 Å². The Morgan fingerprint density at radius 2 is 1.55 bits per heavy atom. The first kappa shape index (κ1) is 20.6. The number of para-hydroxylation sites is 1. The Balaban J connectivity index is 1.25. The molecule has 3 N–H and O–H groups in total. The average molecular weight is 432 g/mol. The molecular weight excluding hydrogens is 410 g/mol. The molecule has 4 aromatic rings. The summed E-state index contributed by atoms with van der Waals surface area (Å²) in [6, 6.07) is 21.5. The van der Waals surface area contributed by atoms with Crippen LogP contribution in [-0.4, -0.2) is 23.3 Å². The van der Waals surface area contributed by atoms with Gasteiger partial charge in [0.05, 0.1) is 15.2 Å². The Kier molecular flexibility index (Phi) is 6.24. The molecule has 0 aliphatic rings. The summed E-state index contributed by atoms with van der Waals surface area (Å²) < 4.78 is 6.92. The SMILES string of the molecule is NC(=O)c1ccc(Oc2ccc(C(=O)NCCCc3nc4ccccc4s3)cc2)cc1. The third-order valence-electron chi connectivity index (χ3n) is 4.68. The minimum absolute atomic E-state index is 0.123. The lowest BCUT2D eigenvalue weighted by Crippen LogP contribution is -2.24. The van der Waals surface area contributed by atoms with Crippen LogP contribution in [0.25, 0.3) is 10.2 Å². The zero-order valence-corrected chi connectivity index (χ0v) is 17.5. The molecule has 31 heavy (non-hydrogen) atoms. The largest absolute Gasteiger partial charge is 0.457 e. The number of nitrogens with two attached hydrogens (primary N) is 1. The molecule has 0 fully saturated rings. The number of hydrogen-bond donors (Lipinski definition) is 2. The molecule has 6 nitrogen and oxygen atoms in total. The van der Waals surface area contributed by atoms with E-state index in [2.05, 4.69) is 16.4 Å². The zero-order valence-electron chi connectivity index (χ0n) is 16.7. The van der Waals surface area contributed by atoms with Crippen LogP contribution in [0.4, 0.5) is 0 Å². The van der Waals surface area contributed by atoms with Gasteiger partial charge in [0.1, 0.15) is 11.5 Å². The number of amides is 2. The molecule has 156 valence electrons. The maximum absolute atomic E-state index is 12.4. The standard InChI is InChI=1S/C24H21N3O3S/c25-23(28)16-7-11-18(12-8-16)30-19-13-9-17(10-14-19)24(29)26-15-3-6-22-27-20-4-1-2-5-21(20)31-22/h1-2,4-5,7-14H,3,6,15H2,(H2,25,28)(H,26,29). The molecular formula is C24H21N3O3S. The van der Waals surface area contributed by atoms with Gasteiger partial charge in [-0.2, -0.15) is 0 Å². The minimum Gasteiger partial charge on any atom is -0.457 e. The topological polar surface area (TPSA) is 94.3 Å². The summed E-state index contributed by atoms with van der Waals surface area (Å²) in [5.74, 6) is 0.569. The van der Waals surface area contributed by atoms with Gasteiger partial charge in [0.15, 0.2) is 0 Å². The number of nitrogens with zero attached hydrogens (tertiary/aromatic N) is 1. The third-order valence-corrected chi connectivity index (χ3v) is 5.78. The second-order valence-electron chi connectivity index (χ2n) is 6.95. The maximum atomic E-state index is 12.4.